The molecule has 0 aromatic heterocycles. The molecule has 1 saturated heterocycles. The van der Waals surface area contributed by atoms with Crippen LogP contribution in [0, 0.1) is 0 Å². The molecule has 3 rings (SSSR count). The monoisotopic (exact) mass is 377 g/mol. The molecule has 2 fully saturated rings. The lowest BCUT2D eigenvalue weighted by Crippen LogP contribution is -2.45. The Labute approximate surface area is 143 Å². The van der Waals surface area contributed by atoms with Crippen LogP contribution in [0.3, 0.4) is 0 Å². The molecule has 0 unspecified atom stereocenters. The number of sulfone groups is 1. The molecular weight excluding hydrogens is 359 g/mol. The van der Waals surface area contributed by atoms with Crippen LogP contribution in [0.1, 0.15) is 24.8 Å². The van der Waals surface area contributed by atoms with Crippen molar-refractivity contribution in [2.75, 3.05) is 18.1 Å². The summed E-state index contributed by atoms with van der Waals surface area (Å²) in [4.78, 5) is 14.0. The number of hydrogen-bond donors (Lipinski definition) is 0. The summed E-state index contributed by atoms with van der Waals surface area (Å²) in [7, 11) is -3.13. The Kier molecular flexibility index (Phi) is 4.70. The number of carbonyl (C=O) groups is 1. The molecule has 9 heteroatoms. The molecule has 1 saturated carbocycles. The lowest BCUT2D eigenvalue weighted by atomic mass is 10.2. The largest absolute Gasteiger partial charge is 0.484 e. The van der Waals surface area contributed by atoms with Crippen LogP contribution in [0.25, 0.3) is 0 Å². The van der Waals surface area contributed by atoms with Gasteiger partial charge in [0.25, 0.3) is 5.91 Å². The maximum absolute atomic E-state index is 12.7. The normalized spacial score (nSPS) is 22.6. The summed E-state index contributed by atoms with van der Waals surface area (Å²) in [6.07, 6.45) is -2.46. The van der Waals surface area contributed by atoms with Gasteiger partial charge in [-0.25, -0.2) is 8.42 Å². The fourth-order valence-corrected chi connectivity index (χ4v) is 4.75. The Morgan fingerprint density at radius 1 is 1.20 bits per heavy atom. The molecule has 1 amide bonds. The van der Waals surface area contributed by atoms with Gasteiger partial charge in [-0.3, -0.25) is 4.79 Å². The van der Waals surface area contributed by atoms with Crippen LogP contribution in [0.5, 0.6) is 5.75 Å². The van der Waals surface area contributed by atoms with Gasteiger partial charge in [-0.15, -0.1) is 0 Å². The van der Waals surface area contributed by atoms with Crippen LogP contribution in [0.2, 0.25) is 0 Å². The quantitative estimate of drug-likeness (QED) is 0.790. The van der Waals surface area contributed by atoms with Crippen molar-refractivity contribution in [3.63, 3.8) is 0 Å². The van der Waals surface area contributed by atoms with Crippen molar-refractivity contribution in [1.82, 2.24) is 4.90 Å². The number of rotatable bonds is 5. The zero-order valence-corrected chi connectivity index (χ0v) is 14.1. The summed E-state index contributed by atoms with van der Waals surface area (Å²) in [5.41, 5.74) is -0.849. The van der Waals surface area contributed by atoms with E-state index < -0.39 is 28.2 Å². The molecule has 2 aliphatic rings. The van der Waals surface area contributed by atoms with Crippen molar-refractivity contribution >= 4 is 15.7 Å². The average Bonchev–Trinajstić information content (AvgIpc) is 3.28. The van der Waals surface area contributed by atoms with Gasteiger partial charge in [0.2, 0.25) is 0 Å². The molecule has 1 atom stereocenters. The van der Waals surface area contributed by atoms with E-state index in [2.05, 4.69) is 0 Å². The van der Waals surface area contributed by atoms with Gasteiger partial charge in [-0.2, -0.15) is 13.2 Å². The maximum Gasteiger partial charge on any atom is 0.416 e. The van der Waals surface area contributed by atoms with E-state index in [0.717, 1.165) is 25.0 Å². The third-order valence-corrected chi connectivity index (χ3v) is 6.10. The van der Waals surface area contributed by atoms with E-state index in [-0.39, 0.29) is 35.2 Å². The molecule has 1 aromatic carbocycles. The molecule has 0 N–H and O–H groups in total. The summed E-state index contributed by atoms with van der Waals surface area (Å²) >= 11 is 0. The standard InChI is InChI=1S/C16H18F3NO4S/c17-16(18,19)11-2-1-3-14(8-11)24-9-15(21)20(12-4-5-12)13-6-7-25(22,23)10-13/h1-3,8,12-13H,4-7,9-10H2/t13-/m0/s1. The van der Waals surface area contributed by atoms with Crippen molar-refractivity contribution in [3.8, 4) is 5.75 Å². The number of nitrogens with zero attached hydrogens (tertiary/aromatic N) is 1. The van der Waals surface area contributed by atoms with E-state index >= 15 is 0 Å². The first-order valence-electron chi connectivity index (χ1n) is 7.97. The van der Waals surface area contributed by atoms with Crippen LogP contribution in [0.4, 0.5) is 13.2 Å². The Hall–Kier alpha value is -1.77. The van der Waals surface area contributed by atoms with Gasteiger partial charge in [0.15, 0.2) is 16.4 Å². The summed E-state index contributed by atoms with van der Waals surface area (Å²) in [6, 6.07) is 3.98. The van der Waals surface area contributed by atoms with E-state index in [4.69, 9.17) is 4.74 Å². The molecule has 1 aliphatic carbocycles. The molecule has 138 valence electrons. The minimum atomic E-state index is -4.48. The maximum atomic E-state index is 12.7. The van der Waals surface area contributed by atoms with Gasteiger partial charge in [0.1, 0.15) is 5.75 Å². The number of alkyl halides is 3. The fraction of sp³-hybridized carbons (Fsp3) is 0.562. The molecule has 5 nitrogen and oxygen atoms in total. The fourth-order valence-electron chi connectivity index (χ4n) is 3.03. The lowest BCUT2D eigenvalue weighted by molar-refractivity contribution is -0.137. The van der Waals surface area contributed by atoms with Crippen molar-refractivity contribution in [3.05, 3.63) is 29.8 Å². The van der Waals surface area contributed by atoms with Gasteiger partial charge in [-0.05, 0) is 37.5 Å². The molecule has 0 radical (unpaired) electrons. The van der Waals surface area contributed by atoms with E-state index in [1.165, 1.54) is 12.1 Å². The molecule has 1 aliphatic heterocycles. The second-order valence-corrected chi connectivity index (χ2v) is 8.63. The van der Waals surface area contributed by atoms with Crippen LogP contribution in [-0.2, 0) is 20.8 Å². The molecule has 0 bridgehead atoms. The first-order valence-corrected chi connectivity index (χ1v) is 9.79. The average molecular weight is 377 g/mol. The van der Waals surface area contributed by atoms with Crippen molar-refractivity contribution < 1.29 is 31.1 Å². The highest BCUT2D eigenvalue weighted by Gasteiger charge is 2.42. The first kappa shape index (κ1) is 18.0. The number of carbonyl (C=O) groups excluding carboxylic acids is 1. The summed E-state index contributed by atoms with van der Waals surface area (Å²) in [5, 5.41) is 0. The third-order valence-electron chi connectivity index (χ3n) is 4.35. The van der Waals surface area contributed by atoms with Crippen LogP contribution in [0.15, 0.2) is 24.3 Å². The Morgan fingerprint density at radius 2 is 1.92 bits per heavy atom. The van der Waals surface area contributed by atoms with Crippen molar-refractivity contribution in [1.29, 1.82) is 0 Å². The summed E-state index contributed by atoms with van der Waals surface area (Å²) in [6.45, 7) is -0.408. The van der Waals surface area contributed by atoms with Crippen LogP contribution >= 0.6 is 0 Å². The van der Waals surface area contributed by atoms with Gasteiger partial charge in [0, 0.05) is 12.1 Å². The van der Waals surface area contributed by atoms with Crippen LogP contribution in [-0.4, -0.2) is 49.4 Å². The van der Waals surface area contributed by atoms with Gasteiger partial charge in [-0.1, -0.05) is 6.07 Å². The minimum absolute atomic E-state index is 0.0101. The smallest absolute Gasteiger partial charge is 0.416 e. The Morgan fingerprint density at radius 3 is 2.48 bits per heavy atom. The first-order chi connectivity index (χ1) is 11.7. The number of amides is 1. The molecule has 1 heterocycles. The number of halogens is 3. The number of ether oxygens (including phenoxy) is 1. The second-order valence-electron chi connectivity index (χ2n) is 6.40. The highest BCUT2D eigenvalue weighted by Crippen LogP contribution is 2.33. The molecular formula is C16H18F3NO4S. The molecule has 1 aromatic rings. The summed E-state index contributed by atoms with van der Waals surface area (Å²) < 4.78 is 66.6. The highest BCUT2D eigenvalue weighted by atomic mass is 32.2. The SMILES string of the molecule is O=C(COc1cccc(C(F)(F)F)c1)N(C1CC1)[C@H]1CCS(=O)(=O)C1. The second kappa shape index (κ2) is 6.51. The van der Waals surface area contributed by atoms with Gasteiger partial charge in [0.05, 0.1) is 17.1 Å². The lowest BCUT2D eigenvalue weighted by Gasteiger charge is -2.28. The van der Waals surface area contributed by atoms with Crippen molar-refractivity contribution in [2.45, 2.75) is 37.5 Å². The van der Waals surface area contributed by atoms with E-state index in [9.17, 15) is 26.4 Å². The topological polar surface area (TPSA) is 63.7 Å². The van der Waals surface area contributed by atoms with Crippen molar-refractivity contribution in [2.24, 2.45) is 0 Å². The highest BCUT2D eigenvalue weighted by molar-refractivity contribution is 7.91. The Bertz CT molecular complexity index is 759. The number of benzene rings is 1. The summed E-state index contributed by atoms with van der Waals surface area (Å²) in [5.74, 6) is -0.429. The predicted octanol–water partition coefficient (Wildman–Crippen LogP) is 2.26. The van der Waals surface area contributed by atoms with E-state index in [1.54, 1.807) is 4.90 Å². The van der Waals surface area contributed by atoms with Gasteiger partial charge < -0.3 is 9.64 Å². The third kappa shape index (κ3) is 4.45. The number of hydrogen-bond acceptors (Lipinski definition) is 4. The van der Waals surface area contributed by atoms with Crippen LogP contribution < -0.4 is 4.74 Å². The predicted molar refractivity (Wildman–Crippen MR) is 83.9 cm³/mol. The van der Waals surface area contributed by atoms with Gasteiger partial charge >= 0.3 is 6.18 Å². The Balaban J connectivity index is 1.65. The molecule has 0 spiro atoms. The van der Waals surface area contributed by atoms with E-state index in [1.807, 2.05) is 0 Å². The molecule has 25 heavy (non-hydrogen) atoms. The minimum Gasteiger partial charge on any atom is -0.484 e. The zero-order chi connectivity index (χ0) is 18.2. The zero-order valence-electron chi connectivity index (χ0n) is 13.3. The van der Waals surface area contributed by atoms with E-state index in [0.29, 0.717) is 6.42 Å².